The highest BCUT2D eigenvalue weighted by Crippen LogP contribution is 2.17. The Balaban J connectivity index is 1.71. The predicted molar refractivity (Wildman–Crippen MR) is 85.2 cm³/mol. The Morgan fingerprint density at radius 1 is 1.45 bits per heavy atom. The standard InChI is InChI=1S/C15H20N4S/c1-12(13-6-9-20-11-13)10-19-15(16)18-8-5-14-4-2-3-7-17-14/h2-4,6-7,9,11-12H,5,8,10H2,1H3,(H3,16,18,19). The molecule has 0 saturated heterocycles. The van der Waals surface area contributed by atoms with Gasteiger partial charge in [-0.05, 0) is 34.5 Å². The van der Waals surface area contributed by atoms with Gasteiger partial charge in [0.1, 0.15) is 0 Å². The first-order valence-electron chi connectivity index (χ1n) is 6.71. The van der Waals surface area contributed by atoms with Gasteiger partial charge in [0.25, 0.3) is 0 Å². The zero-order valence-electron chi connectivity index (χ0n) is 11.6. The second-order valence-electron chi connectivity index (χ2n) is 4.68. The average Bonchev–Trinajstić information content (AvgIpc) is 3.00. The van der Waals surface area contributed by atoms with Crippen LogP contribution >= 0.6 is 11.3 Å². The molecule has 2 aromatic heterocycles. The van der Waals surface area contributed by atoms with Crippen molar-refractivity contribution < 1.29 is 0 Å². The summed E-state index contributed by atoms with van der Waals surface area (Å²) in [5, 5.41) is 7.37. The third kappa shape index (κ3) is 4.66. The molecule has 0 fully saturated rings. The van der Waals surface area contributed by atoms with E-state index in [-0.39, 0.29) is 0 Å². The van der Waals surface area contributed by atoms with Gasteiger partial charge in [-0.25, -0.2) is 0 Å². The van der Waals surface area contributed by atoms with Gasteiger partial charge in [-0.3, -0.25) is 9.98 Å². The van der Waals surface area contributed by atoms with Crippen molar-refractivity contribution in [3.63, 3.8) is 0 Å². The minimum atomic E-state index is 0.400. The number of hydrogen-bond acceptors (Lipinski definition) is 3. The van der Waals surface area contributed by atoms with E-state index < -0.39 is 0 Å². The van der Waals surface area contributed by atoms with Crippen molar-refractivity contribution >= 4 is 17.3 Å². The molecule has 0 bridgehead atoms. The first-order valence-corrected chi connectivity index (χ1v) is 7.66. The van der Waals surface area contributed by atoms with Crippen molar-refractivity contribution in [2.45, 2.75) is 19.3 Å². The SMILES string of the molecule is CC(CN=C(N)NCCc1ccccn1)c1ccsc1. The summed E-state index contributed by atoms with van der Waals surface area (Å²) in [6.45, 7) is 3.62. The minimum absolute atomic E-state index is 0.400. The number of nitrogens with one attached hydrogen (secondary N) is 1. The molecule has 2 rings (SSSR count). The number of pyridine rings is 1. The lowest BCUT2D eigenvalue weighted by atomic mass is 10.1. The average molecular weight is 288 g/mol. The molecule has 3 N–H and O–H groups in total. The molecule has 2 heterocycles. The maximum Gasteiger partial charge on any atom is 0.188 e. The maximum absolute atomic E-state index is 5.86. The quantitative estimate of drug-likeness (QED) is 0.634. The Labute approximate surface area is 123 Å². The van der Waals surface area contributed by atoms with E-state index in [2.05, 4.69) is 39.0 Å². The largest absolute Gasteiger partial charge is 0.370 e. The van der Waals surface area contributed by atoms with Gasteiger partial charge in [0.15, 0.2) is 5.96 Å². The van der Waals surface area contributed by atoms with Gasteiger partial charge in [0, 0.05) is 37.3 Å². The monoisotopic (exact) mass is 288 g/mol. The van der Waals surface area contributed by atoms with Crippen LogP contribution in [0.2, 0.25) is 0 Å². The molecular formula is C15H20N4S. The van der Waals surface area contributed by atoms with E-state index in [1.54, 1.807) is 17.5 Å². The molecule has 0 aliphatic heterocycles. The fraction of sp³-hybridized carbons (Fsp3) is 0.333. The minimum Gasteiger partial charge on any atom is -0.370 e. The van der Waals surface area contributed by atoms with Gasteiger partial charge in [0.05, 0.1) is 0 Å². The van der Waals surface area contributed by atoms with Gasteiger partial charge >= 0.3 is 0 Å². The van der Waals surface area contributed by atoms with Crippen LogP contribution < -0.4 is 11.1 Å². The van der Waals surface area contributed by atoms with Crippen LogP contribution in [0.15, 0.2) is 46.2 Å². The zero-order valence-corrected chi connectivity index (χ0v) is 12.4. The van der Waals surface area contributed by atoms with Gasteiger partial charge < -0.3 is 11.1 Å². The summed E-state index contributed by atoms with van der Waals surface area (Å²) in [5.74, 6) is 0.903. The van der Waals surface area contributed by atoms with Gasteiger partial charge in [-0.15, -0.1) is 0 Å². The summed E-state index contributed by atoms with van der Waals surface area (Å²) < 4.78 is 0. The lowest BCUT2D eigenvalue weighted by Gasteiger charge is -2.08. The molecule has 0 aliphatic rings. The van der Waals surface area contributed by atoms with E-state index in [0.29, 0.717) is 18.4 Å². The van der Waals surface area contributed by atoms with Crippen LogP contribution in [0.25, 0.3) is 0 Å². The molecule has 0 saturated carbocycles. The molecule has 1 atom stereocenters. The lowest BCUT2D eigenvalue weighted by Crippen LogP contribution is -2.33. The molecule has 106 valence electrons. The van der Waals surface area contributed by atoms with Crippen molar-refractivity contribution in [1.82, 2.24) is 10.3 Å². The van der Waals surface area contributed by atoms with E-state index in [1.165, 1.54) is 5.56 Å². The van der Waals surface area contributed by atoms with Crippen molar-refractivity contribution in [3.8, 4) is 0 Å². The maximum atomic E-state index is 5.86. The molecule has 4 nitrogen and oxygen atoms in total. The first-order chi connectivity index (χ1) is 9.75. The third-order valence-corrected chi connectivity index (χ3v) is 3.76. The van der Waals surface area contributed by atoms with Gasteiger partial charge in [0.2, 0.25) is 0 Å². The van der Waals surface area contributed by atoms with Crippen LogP contribution in [0.3, 0.4) is 0 Å². The van der Waals surface area contributed by atoms with Crippen LogP contribution in [0, 0.1) is 0 Å². The van der Waals surface area contributed by atoms with Crippen molar-refractivity contribution in [2.24, 2.45) is 10.7 Å². The zero-order chi connectivity index (χ0) is 14.2. The second kappa shape index (κ2) is 7.65. The topological polar surface area (TPSA) is 63.3 Å². The summed E-state index contributed by atoms with van der Waals surface area (Å²) in [6.07, 6.45) is 2.65. The highest BCUT2D eigenvalue weighted by molar-refractivity contribution is 7.07. The first kappa shape index (κ1) is 14.5. The Hall–Kier alpha value is -1.88. The summed E-state index contributed by atoms with van der Waals surface area (Å²) in [5.41, 5.74) is 8.24. The van der Waals surface area contributed by atoms with E-state index in [9.17, 15) is 0 Å². The van der Waals surface area contributed by atoms with Crippen LogP contribution in [0.1, 0.15) is 24.1 Å². The van der Waals surface area contributed by atoms with Gasteiger partial charge in [-0.1, -0.05) is 13.0 Å². The number of hydrogen-bond donors (Lipinski definition) is 2. The van der Waals surface area contributed by atoms with Crippen molar-refractivity contribution in [3.05, 3.63) is 52.5 Å². The summed E-state index contributed by atoms with van der Waals surface area (Å²) >= 11 is 1.71. The Bertz CT molecular complexity index is 522. The Kier molecular flexibility index (Phi) is 5.55. The molecule has 1 unspecified atom stereocenters. The molecule has 0 radical (unpaired) electrons. The van der Waals surface area contributed by atoms with Crippen LogP contribution in [0.5, 0.6) is 0 Å². The fourth-order valence-corrected chi connectivity index (χ4v) is 2.60. The molecule has 5 heteroatoms. The lowest BCUT2D eigenvalue weighted by molar-refractivity contribution is 0.763. The number of aromatic nitrogens is 1. The van der Waals surface area contributed by atoms with Crippen molar-refractivity contribution in [2.75, 3.05) is 13.1 Å². The van der Waals surface area contributed by atoms with Crippen molar-refractivity contribution in [1.29, 1.82) is 0 Å². The molecule has 2 aromatic rings. The van der Waals surface area contributed by atoms with Crippen LogP contribution in [-0.4, -0.2) is 24.0 Å². The highest BCUT2D eigenvalue weighted by Gasteiger charge is 2.04. The second-order valence-corrected chi connectivity index (χ2v) is 5.46. The summed E-state index contributed by atoms with van der Waals surface area (Å²) in [7, 11) is 0. The smallest absolute Gasteiger partial charge is 0.188 e. The Morgan fingerprint density at radius 2 is 2.35 bits per heavy atom. The van der Waals surface area contributed by atoms with Gasteiger partial charge in [-0.2, -0.15) is 11.3 Å². The number of aliphatic imine (C=N–C) groups is 1. The van der Waals surface area contributed by atoms with Crippen LogP contribution in [-0.2, 0) is 6.42 Å². The van der Waals surface area contributed by atoms with E-state index in [4.69, 9.17) is 5.73 Å². The van der Waals surface area contributed by atoms with Crippen LogP contribution in [0.4, 0.5) is 0 Å². The third-order valence-electron chi connectivity index (χ3n) is 3.06. The molecule has 0 amide bonds. The number of nitrogens with zero attached hydrogens (tertiary/aromatic N) is 2. The molecule has 20 heavy (non-hydrogen) atoms. The normalized spacial score (nSPS) is 13.2. The fourth-order valence-electron chi connectivity index (χ4n) is 1.82. The number of rotatable bonds is 6. The summed E-state index contributed by atoms with van der Waals surface area (Å²) in [4.78, 5) is 8.64. The van der Waals surface area contributed by atoms with E-state index >= 15 is 0 Å². The molecule has 0 spiro atoms. The molecule has 0 aromatic carbocycles. The number of thiophene rings is 1. The number of nitrogens with two attached hydrogens (primary N) is 1. The Morgan fingerprint density at radius 3 is 3.05 bits per heavy atom. The van der Waals surface area contributed by atoms with E-state index in [1.807, 2.05) is 18.2 Å². The molecule has 0 aliphatic carbocycles. The number of guanidine groups is 1. The molecular weight excluding hydrogens is 268 g/mol. The summed E-state index contributed by atoms with van der Waals surface area (Å²) in [6, 6.07) is 8.05. The van der Waals surface area contributed by atoms with E-state index in [0.717, 1.165) is 18.7 Å². The highest BCUT2D eigenvalue weighted by atomic mass is 32.1. The predicted octanol–water partition coefficient (Wildman–Crippen LogP) is 2.39.